The van der Waals surface area contributed by atoms with E-state index in [0.29, 0.717) is 34.9 Å². The van der Waals surface area contributed by atoms with Gasteiger partial charge in [-0.3, -0.25) is 0 Å². The molecule has 0 bridgehead atoms. The molecule has 18 aromatic rings. The molecule has 0 fully saturated rings. The molecular weight excluding hydrogens is 1100 g/mol. The Morgan fingerprint density at radius 3 is 1.14 bits per heavy atom. The van der Waals surface area contributed by atoms with Gasteiger partial charge in [-0.25, -0.2) is 29.9 Å². The van der Waals surface area contributed by atoms with Crippen molar-refractivity contribution in [1.82, 2.24) is 29.9 Å². The number of hydrogen-bond donors (Lipinski definition) is 0. The molecule has 0 amide bonds. The maximum atomic E-state index is 6.73. The summed E-state index contributed by atoms with van der Waals surface area (Å²) in [5.74, 6) is 3.53. The SMILES string of the molecule is c1ccc(-c2nc(-c3ccccc3)nc(-c3ccc4c(c3)oc3cccc(-c5ccc6c(ccc7cccc(-c8ccc(-c9nc(-c%10ccccc%10)nc(-c%10ccc%11c(c%10)oc%10cccc(-c%12cc%13ccccc%13c%13ccccc%12%13)c%10%11)n9)cc8)c76)c5)c34)n2)cc1. The largest absolute Gasteiger partial charge is 0.456 e. The molecule has 0 aliphatic heterocycles. The van der Waals surface area contributed by atoms with Gasteiger partial charge in [0.1, 0.15) is 22.3 Å². The van der Waals surface area contributed by atoms with Gasteiger partial charge in [-0.2, -0.15) is 0 Å². The molecule has 8 nitrogen and oxygen atoms in total. The van der Waals surface area contributed by atoms with Gasteiger partial charge in [0.05, 0.1) is 0 Å². The third-order valence-electron chi connectivity index (χ3n) is 17.6. The monoisotopic (exact) mass is 1150 g/mol. The van der Waals surface area contributed by atoms with E-state index in [1.54, 1.807) is 0 Å². The third kappa shape index (κ3) is 8.60. The summed E-state index contributed by atoms with van der Waals surface area (Å²) in [4.78, 5) is 30.4. The van der Waals surface area contributed by atoms with Crippen molar-refractivity contribution in [2.24, 2.45) is 0 Å². The van der Waals surface area contributed by atoms with Crippen LogP contribution >= 0.6 is 0 Å². The van der Waals surface area contributed by atoms with Crippen LogP contribution in [-0.2, 0) is 0 Å². The minimum Gasteiger partial charge on any atom is -0.456 e. The minimum atomic E-state index is 0.559. The molecule has 18 rings (SSSR count). The zero-order valence-corrected chi connectivity index (χ0v) is 48.2. The van der Waals surface area contributed by atoms with Gasteiger partial charge in [-0.05, 0) is 125 Å². The van der Waals surface area contributed by atoms with Crippen LogP contribution in [0.15, 0.2) is 300 Å². The van der Waals surface area contributed by atoms with Gasteiger partial charge in [0.2, 0.25) is 0 Å². The molecule has 0 spiro atoms. The molecule has 14 aromatic carbocycles. The van der Waals surface area contributed by atoms with Gasteiger partial charge in [0, 0.05) is 54.9 Å². The first-order valence-corrected chi connectivity index (χ1v) is 30.1. The first-order chi connectivity index (χ1) is 44.6. The van der Waals surface area contributed by atoms with E-state index in [2.05, 4.69) is 194 Å². The summed E-state index contributed by atoms with van der Waals surface area (Å²) in [7, 11) is 0. The highest BCUT2D eigenvalue weighted by Crippen LogP contribution is 2.45. The minimum absolute atomic E-state index is 0.559. The fourth-order valence-electron chi connectivity index (χ4n) is 13.3. The Balaban J connectivity index is 0.687. The van der Waals surface area contributed by atoms with Crippen molar-refractivity contribution in [3.05, 3.63) is 291 Å². The van der Waals surface area contributed by atoms with Crippen LogP contribution in [0.2, 0.25) is 0 Å². The molecule has 0 unspecified atom stereocenters. The van der Waals surface area contributed by atoms with E-state index >= 15 is 0 Å². The van der Waals surface area contributed by atoms with Crippen LogP contribution in [0.25, 0.3) is 189 Å². The molecule has 0 N–H and O–H groups in total. The fraction of sp³-hybridized carbons (Fsp3) is 0. The average Bonchev–Trinajstić information content (AvgIpc) is 1.49. The predicted molar refractivity (Wildman–Crippen MR) is 367 cm³/mol. The zero-order valence-electron chi connectivity index (χ0n) is 48.2. The summed E-state index contributed by atoms with van der Waals surface area (Å²) in [5, 5.41) is 13.7. The topological polar surface area (TPSA) is 104 Å². The van der Waals surface area contributed by atoms with Crippen molar-refractivity contribution >= 4 is 87.0 Å². The Kier molecular flexibility index (Phi) is 11.7. The molecule has 0 saturated carbocycles. The Morgan fingerprint density at radius 1 is 0.178 bits per heavy atom. The zero-order chi connectivity index (χ0) is 59.2. The maximum Gasteiger partial charge on any atom is 0.164 e. The number of benzene rings is 14. The van der Waals surface area contributed by atoms with Gasteiger partial charge in [-0.15, -0.1) is 0 Å². The molecule has 0 atom stereocenters. The Morgan fingerprint density at radius 2 is 0.567 bits per heavy atom. The Hall–Kier alpha value is -12.3. The van der Waals surface area contributed by atoms with Gasteiger partial charge < -0.3 is 8.83 Å². The summed E-state index contributed by atoms with van der Waals surface area (Å²) in [6.07, 6.45) is 0. The van der Waals surface area contributed by atoms with Crippen molar-refractivity contribution in [2.45, 2.75) is 0 Å². The molecule has 4 aromatic heterocycles. The van der Waals surface area contributed by atoms with Crippen molar-refractivity contribution in [1.29, 1.82) is 0 Å². The smallest absolute Gasteiger partial charge is 0.164 e. The van der Waals surface area contributed by atoms with E-state index in [0.717, 1.165) is 116 Å². The van der Waals surface area contributed by atoms with Crippen molar-refractivity contribution in [3.8, 4) is 102 Å². The molecule has 0 radical (unpaired) electrons. The lowest BCUT2D eigenvalue weighted by molar-refractivity contribution is 0.668. The van der Waals surface area contributed by atoms with Crippen LogP contribution in [0.5, 0.6) is 0 Å². The third-order valence-corrected chi connectivity index (χ3v) is 17.6. The van der Waals surface area contributed by atoms with Crippen LogP contribution in [0, 0.1) is 0 Å². The standard InChI is InChI=1S/C82H48N6O2/c1-4-17-51(18-5-1)77-83-78(52-19-6-2-7-20-52)86-81(85-77)58-40-43-67-72(47-58)89-70-31-15-29-62(75(67)70)57-39-42-63-56(45-57)38-35-50-24-14-28-61(74(50)63)49-33-36-54(37-34-49)80-84-79(53-21-8-3-9-22-53)87-82(88-80)59-41-44-68-73(48-59)90-71-32-16-30-66(76(68)71)69-46-55-23-10-11-25-60(55)64-26-12-13-27-65(64)69/h1-48H. The molecule has 418 valence electrons. The fourth-order valence-corrected chi connectivity index (χ4v) is 13.3. The normalized spacial score (nSPS) is 11.8. The second-order valence-corrected chi connectivity index (χ2v) is 22.9. The molecular formula is C82H48N6O2. The van der Waals surface area contributed by atoms with Crippen molar-refractivity contribution < 1.29 is 8.83 Å². The van der Waals surface area contributed by atoms with Crippen LogP contribution in [0.4, 0.5) is 0 Å². The van der Waals surface area contributed by atoms with Gasteiger partial charge in [0.15, 0.2) is 34.9 Å². The first-order valence-electron chi connectivity index (χ1n) is 30.1. The van der Waals surface area contributed by atoms with E-state index in [-0.39, 0.29) is 0 Å². The summed E-state index contributed by atoms with van der Waals surface area (Å²) in [6, 6.07) is 101. The lowest BCUT2D eigenvalue weighted by Crippen LogP contribution is -2.00. The van der Waals surface area contributed by atoms with E-state index < -0.39 is 0 Å². The van der Waals surface area contributed by atoms with Gasteiger partial charge >= 0.3 is 0 Å². The average molecular weight is 1150 g/mol. The summed E-state index contributed by atoms with van der Waals surface area (Å²) in [5.41, 5.74) is 15.2. The first kappa shape index (κ1) is 51.0. The highest BCUT2D eigenvalue weighted by atomic mass is 16.3. The predicted octanol–water partition coefficient (Wildman–Crippen LogP) is 21.5. The van der Waals surface area contributed by atoms with Crippen LogP contribution < -0.4 is 0 Å². The summed E-state index contributed by atoms with van der Waals surface area (Å²) >= 11 is 0. The number of fused-ring (bicyclic) bond motifs is 12. The number of aromatic nitrogens is 6. The molecule has 0 aliphatic carbocycles. The number of furan rings is 2. The molecule has 0 aliphatic rings. The van der Waals surface area contributed by atoms with Crippen molar-refractivity contribution in [2.75, 3.05) is 0 Å². The van der Waals surface area contributed by atoms with Crippen LogP contribution in [0.1, 0.15) is 0 Å². The Labute approximate surface area is 515 Å². The quantitative estimate of drug-likeness (QED) is 0.132. The molecule has 4 heterocycles. The number of nitrogens with zero attached hydrogens (tertiary/aromatic N) is 6. The summed E-state index contributed by atoms with van der Waals surface area (Å²) in [6.45, 7) is 0. The Bertz CT molecular complexity index is 5850. The highest BCUT2D eigenvalue weighted by molar-refractivity contribution is 6.21. The number of rotatable bonds is 9. The van der Waals surface area contributed by atoms with Gasteiger partial charge in [-0.1, -0.05) is 243 Å². The van der Waals surface area contributed by atoms with Crippen LogP contribution in [0.3, 0.4) is 0 Å². The number of hydrogen-bond acceptors (Lipinski definition) is 8. The lowest BCUT2D eigenvalue weighted by atomic mass is 9.91. The van der Waals surface area contributed by atoms with Gasteiger partial charge in [0.25, 0.3) is 0 Å². The summed E-state index contributed by atoms with van der Waals surface area (Å²) < 4.78 is 13.4. The van der Waals surface area contributed by atoms with E-state index in [1.165, 1.54) is 37.9 Å². The van der Waals surface area contributed by atoms with E-state index in [1.807, 2.05) is 97.1 Å². The van der Waals surface area contributed by atoms with Crippen LogP contribution in [-0.4, -0.2) is 29.9 Å². The maximum absolute atomic E-state index is 6.73. The second kappa shape index (κ2) is 20.7. The van der Waals surface area contributed by atoms with Crippen molar-refractivity contribution in [3.63, 3.8) is 0 Å². The second-order valence-electron chi connectivity index (χ2n) is 22.9. The molecule has 0 saturated heterocycles. The molecule has 90 heavy (non-hydrogen) atoms. The lowest BCUT2D eigenvalue weighted by Gasteiger charge is -2.13. The van der Waals surface area contributed by atoms with E-state index in [4.69, 9.17) is 38.7 Å². The van der Waals surface area contributed by atoms with E-state index in [9.17, 15) is 0 Å². The molecule has 8 heteroatoms. The highest BCUT2D eigenvalue weighted by Gasteiger charge is 2.21.